The zero-order valence-corrected chi connectivity index (χ0v) is 13.5. The molecule has 0 saturated carbocycles. The van der Waals surface area contributed by atoms with Crippen molar-refractivity contribution < 1.29 is 13.2 Å². The lowest BCUT2D eigenvalue weighted by Gasteiger charge is -2.19. The van der Waals surface area contributed by atoms with Crippen LogP contribution in [0.2, 0.25) is 0 Å². The second-order valence-corrected chi connectivity index (χ2v) is 6.82. The Morgan fingerprint density at radius 1 is 1.45 bits per heavy atom. The molecule has 0 saturated heterocycles. The Hall–Kier alpha value is -0.890. The smallest absolute Gasteiger partial charge is 0.244 e. The van der Waals surface area contributed by atoms with E-state index in [-0.39, 0.29) is 0 Å². The fourth-order valence-electron chi connectivity index (χ4n) is 1.77. The molecule has 7 heteroatoms. The lowest BCUT2D eigenvalue weighted by Crippen LogP contribution is -2.33. The Kier molecular flexibility index (Phi) is 6.67. The van der Waals surface area contributed by atoms with E-state index in [1.807, 2.05) is 20.8 Å². The van der Waals surface area contributed by atoms with E-state index in [1.165, 1.54) is 4.31 Å². The number of hydrogen-bond donors (Lipinski definition) is 2. The van der Waals surface area contributed by atoms with Gasteiger partial charge in [-0.1, -0.05) is 20.8 Å². The number of hydrogen-bond acceptors (Lipinski definition) is 4. The molecule has 0 bridgehead atoms. The van der Waals surface area contributed by atoms with Crippen LogP contribution in [0.5, 0.6) is 0 Å². The average molecular weight is 303 g/mol. The molecule has 1 heterocycles. The van der Waals surface area contributed by atoms with Gasteiger partial charge >= 0.3 is 0 Å². The summed E-state index contributed by atoms with van der Waals surface area (Å²) in [5.41, 5.74) is 0.861. The summed E-state index contributed by atoms with van der Waals surface area (Å²) in [6.45, 7) is 7.71. The molecule has 0 amide bonds. The van der Waals surface area contributed by atoms with Crippen LogP contribution in [0.1, 0.15) is 26.5 Å². The highest BCUT2D eigenvalue weighted by molar-refractivity contribution is 7.89. The van der Waals surface area contributed by atoms with Gasteiger partial charge in [-0.15, -0.1) is 0 Å². The monoisotopic (exact) mass is 303 g/mol. The molecule has 0 atom stereocenters. The van der Waals surface area contributed by atoms with Crippen LogP contribution in [0.25, 0.3) is 0 Å². The number of nitrogens with zero attached hydrogens (tertiary/aromatic N) is 1. The van der Waals surface area contributed by atoms with E-state index in [0.29, 0.717) is 37.2 Å². The summed E-state index contributed by atoms with van der Waals surface area (Å²) in [5.74, 6) is 0. The quantitative estimate of drug-likeness (QED) is 0.718. The van der Waals surface area contributed by atoms with E-state index in [0.717, 1.165) is 5.69 Å². The molecule has 0 unspecified atom stereocenters. The van der Waals surface area contributed by atoms with Crippen molar-refractivity contribution in [2.75, 3.05) is 26.8 Å². The summed E-state index contributed by atoms with van der Waals surface area (Å²) in [4.78, 5) is 3.30. The molecule has 0 aliphatic heterocycles. The fraction of sp³-hybridized carbons (Fsp3) is 0.692. The highest BCUT2D eigenvalue weighted by atomic mass is 32.2. The summed E-state index contributed by atoms with van der Waals surface area (Å²) in [6, 6.07) is 2.03. The summed E-state index contributed by atoms with van der Waals surface area (Å²) in [6.07, 6.45) is 1.54. The normalized spacial score (nSPS) is 12.5. The molecule has 116 valence electrons. The summed E-state index contributed by atoms with van der Waals surface area (Å²) < 4.78 is 31.3. The summed E-state index contributed by atoms with van der Waals surface area (Å²) >= 11 is 0. The van der Waals surface area contributed by atoms with E-state index < -0.39 is 10.0 Å². The first-order valence-electron chi connectivity index (χ1n) is 6.81. The van der Waals surface area contributed by atoms with E-state index in [9.17, 15) is 8.42 Å². The van der Waals surface area contributed by atoms with E-state index in [2.05, 4.69) is 10.3 Å². The number of rotatable bonds is 9. The predicted molar refractivity (Wildman–Crippen MR) is 79.1 cm³/mol. The molecular weight excluding hydrogens is 278 g/mol. The highest BCUT2D eigenvalue weighted by Gasteiger charge is 2.23. The van der Waals surface area contributed by atoms with E-state index in [1.54, 1.807) is 19.4 Å². The van der Waals surface area contributed by atoms with Crippen molar-refractivity contribution in [3.8, 4) is 0 Å². The van der Waals surface area contributed by atoms with E-state index in [4.69, 9.17) is 4.74 Å². The second-order valence-electron chi connectivity index (χ2n) is 4.89. The molecular formula is C13H25N3O3S. The first-order valence-corrected chi connectivity index (χ1v) is 8.25. The molecule has 1 aromatic rings. The average Bonchev–Trinajstić information content (AvgIpc) is 2.86. The standard InChI is InChI=1S/C13H25N3O3S/c1-5-16(6-7-19-4)20(17,18)13-8-12(15-10-13)9-14-11(2)3/h8,10-11,14-15H,5-7,9H2,1-4H3. The number of aromatic nitrogens is 1. The van der Waals surface area contributed by atoms with Gasteiger partial charge in [-0.2, -0.15) is 4.31 Å². The second kappa shape index (κ2) is 7.78. The van der Waals surface area contributed by atoms with Crippen molar-refractivity contribution in [2.45, 2.75) is 38.3 Å². The van der Waals surface area contributed by atoms with Gasteiger partial charge in [0, 0.05) is 44.7 Å². The van der Waals surface area contributed by atoms with Gasteiger partial charge in [-0.05, 0) is 6.07 Å². The van der Waals surface area contributed by atoms with Crippen LogP contribution in [0.4, 0.5) is 0 Å². The highest BCUT2D eigenvalue weighted by Crippen LogP contribution is 2.16. The maximum absolute atomic E-state index is 12.5. The minimum atomic E-state index is -3.45. The SMILES string of the molecule is CCN(CCOC)S(=O)(=O)c1c[nH]c(CNC(C)C)c1. The van der Waals surface area contributed by atoms with Crippen molar-refractivity contribution in [2.24, 2.45) is 0 Å². The van der Waals surface area contributed by atoms with Gasteiger partial charge in [0.25, 0.3) is 0 Å². The molecule has 20 heavy (non-hydrogen) atoms. The van der Waals surface area contributed by atoms with Crippen molar-refractivity contribution in [3.63, 3.8) is 0 Å². The van der Waals surface area contributed by atoms with Gasteiger partial charge in [-0.25, -0.2) is 8.42 Å². The topological polar surface area (TPSA) is 74.4 Å². The molecule has 0 aromatic carbocycles. The largest absolute Gasteiger partial charge is 0.383 e. The number of nitrogens with one attached hydrogen (secondary N) is 2. The molecule has 0 spiro atoms. The summed E-state index contributed by atoms with van der Waals surface area (Å²) in [5, 5.41) is 3.24. The third-order valence-electron chi connectivity index (χ3n) is 2.95. The minimum Gasteiger partial charge on any atom is -0.383 e. The zero-order valence-electron chi connectivity index (χ0n) is 12.6. The minimum absolute atomic E-state index is 0.302. The van der Waals surface area contributed by atoms with Crippen LogP contribution in [-0.4, -0.2) is 50.6 Å². The molecule has 1 aromatic heterocycles. The molecule has 0 aliphatic carbocycles. The van der Waals surface area contributed by atoms with Crippen LogP contribution in [0.15, 0.2) is 17.2 Å². The van der Waals surface area contributed by atoms with Crippen molar-refractivity contribution in [1.82, 2.24) is 14.6 Å². The maximum Gasteiger partial charge on any atom is 0.244 e. The Labute approximate surface area is 121 Å². The maximum atomic E-state index is 12.5. The summed E-state index contributed by atoms with van der Waals surface area (Å²) in [7, 11) is -1.88. The number of sulfonamides is 1. The van der Waals surface area contributed by atoms with Gasteiger partial charge in [0.15, 0.2) is 0 Å². The number of ether oxygens (including phenoxy) is 1. The van der Waals surface area contributed by atoms with Gasteiger partial charge in [-0.3, -0.25) is 0 Å². The van der Waals surface area contributed by atoms with Gasteiger partial charge in [0.2, 0.25) is 10.0 Å². The van der Waals surface area contributed by atoms with Gasteiger partial charge < -0.3 is 15.0 Å². The zero-order chi connectivity index (χ0) is 15.2. The van der Waals surface area contributed by atoms with Crippen LogP contribution in [0.3, 0.4) is 0 Å². The Bertz CT molecular complexity index is 497. The molecule has 6 nitrogen and oxygen atoms in total. The third-order valence-corrected chi connectivity index (χ3v) is 4.90. The van der Waals surface area contributed by atoms with Crippen LogP contribution in [0, 0.1) is 0 Å². The van der Waals surface area contributed by atoms with Gasteiger partial charge in [0.1, 0.15) is 0 Å². The van der Waals surface area contributed by atoms with Crippen LogP contribution < -0.4 is 5.32 Å². The first-order chi connectivity index (χ1) is 9.41. The molecule has 2 N–H and O–H groups in total. The van der Waals surface area contributed by atoms with Crippen LogP contribution >= 0.6 is 0 Å². The first kappa shape index (κ1) is 17.2. The Morgan fingerprint density at radius 3 is 2.70 bits per heavy atom. The van der Waals surface area contributed by atoms with Crippen molar-refractivity contribution in [3.05, 3.63) is 18.0 Å². The number of aromatic amines is 1. The Balaban J connectivity index is 2.81. The van der Waals surface area contributed by atoms with Crippen molar-refractivity contribution >= 4 is 10.0 Å². The third kappa shape index (κ3) is 4.59. The van der Waals surface area contributed by atoms with Crippen molar-refractivity contribution in [1.29, 1.82) is 0 Å². The number of H-pyrrole nitrogens is 1. The number of likely N-dealkylation sites (N-methyl/N-ethyl adjacent to an activating group) is 1. The van der Waals surface area contributed by atoms with Crippen LogP contribution in [-0.2, 0) is 21.3 Å². The molecule has 1 rings (SSSR count). The molecule has 0 radical (unpaired) electrons. The Morgan fingerprint density at radius 2 is 2.15 bits per heavy atom. The predicted octanol–water partition coefficient (Wildman–Crippen LogP) is 1.17. The fourth-order valence-corrected chi connectivity index (χ4v) is 3.23. The van der Waals surface area contributed by atoms with Gasteiger partial charge in [0.05, 0.1) is 11.5 Å². The molecule has 0 aliphatic rings. The molecule has 0 fully saturated rings. The number of methoxy groups -OCH3 is 1. The van der Waals surface area contributed by atoms with E-state index >= 15 is 0 Å². The lowest BCUT2D eigenvalue weighted by molar-refractivity contribution is 0.180. The lowest BCUT2D eigenvalue weighted by atomic mass is 10.3.